The van der Waals surface area contributed by atoms with Crippen LogP contribution in [-0.2, 0) is 27.8 Å². The van der Waals surface area contributed by atoms with Gasteiger partial charge >= 0.3 is 0 Å². The average Bonchev–Trinajstić information content (AvgIpc) is 3.22. The Balaban J connectivity index is 1.51. The fraction of sp³-hybridized carbons (Fsp3) is 0.389. The molecule has 0 fully saturated rings. The number of carbonyl (C=O) groups is 1. The molecule has 0 saturated heterocycles. The van der Waals surface area contributed by atoms with Crippen molar-refractivity contribution in [1.82, 2.24) is 9.47 Å². The number of amides is 1. The fourth-order valence-electron chi connectivity index (χ4n) is 3.92. The molecule has 2 N–H and O–H groups in total. The standard InChI is InChI=1S/C18H22N4O3S/c1-13-16-3-2-7-20(16)9-10-21(13)12-18(23)22-8-6-14-11-15(26(19,24)25)4-5-17(14)22/h2-5,7,11,13H,6,8-10,12H2,1H3,(H2,19,24,25). The van der Waals surface area contributed by atoms with Crippen LogP contribution in [0.25, 0.3) is 0 Å². The Morgan fingerprint density at radius 1 is 1.23 bits per heavy atom. The number of aromatic nitrogens is 1. The molecular formula is C18H22N4O3S. The van der Waals surface area contributed by atoms with E-state index < -0.39 is 10.0 Å². The summed E-state index contributed by atoms with van der Waals surface area (Å²) in [4.78, 5) is 16.9. The quantitative estimate of drug-likeness (QED) is 0.871. The third-order valence-electron chi connectivity index (χ3n) is 5.38. The molecule has 0 saturated carbocycles. The van der Waals surface area contributed by atoms with E-state index in [-0.39, 0.29) is 16.8 Å². The van der Waals surface area contributed by atoms with Crippen molar-refractivity contribution < 1.29 is 13.2 Å². The van der Waals surface area contributed by atoms with Crippen LogP contribution >= 0.6 is 0 Å². The summed E-state index contributed by atoms with van der Waals surface area (Å²) in [7, 11) is -3.73. The summed E-state index contributed by atoms with van der Waals surface area (Å²) in [5.74, 6) is 0.0407. The Morgan fingerprint density at radius 2 is 2.04 bits per heavy atom. The zero-order chi connectivity index (χ0) is 18.5. The van der Waals surface area contributed by atoms with Gasteiger partial charge in [-0.15, -0.1) is 0 Å². The van der Waals surface area contributed by atoms with Gasteiger partial charge in [0.1, 0.15) is 0 Å². The van der Waals surface area contributed by atoms with Gasteiger partial charge < -0.3 is 9.47 Å². The van der Waals surface area contributed by atoms with Gasteiger partial charge in [-0.2, -0.15) is 0 Å². The second-order valence-corrected chi connectivity index (χ2v) is 8.47. The molecule has 7 nitrogen and oxygen atoms in total. The smallest absolute Gasteiger partial charge is 0.241 e. The lowest BCUT2D eigenvalue weighted by Crippen LogP contribution is -2.44. The maximum atomic E-state index is 12.9. The van der Waals surface area contributed by atoms with Gasteiger partial charge in [-0.3, -0.25) is 9.69 Å². The monoisotopic (exact) mass is 374 g/mol. The molecule has 1 aromatic carbocycles. The largest absolute Gasteiger partial charge is 0.349 e. The number of hydrogen-bond donors (Lipinski definition) is 1. The molecule has 1 unspecified atom stereocenters. The number of carbonyl (C=O) groups excluding carboxylic acids is 1. The highest BCUT2D eigenvalue weighted by Gasteiger charge is 2.30. The molecule has 1 atom stereocenters. The summed E-state index contributed by atoms with van der Waals surface area (Å²) in [6, 6.07) is 9.06. The van der Waals surface area contributed by atoms with E-state index in [1.807, 2.05) is 6.07 Å². The number of hydrogen-bond acceptors (Lipinski definition) is 4. The summed E-state index contributed by atoms with van der Waals surface area (Å²) >= 11 is 0. The molecule has 0 bridgehead atoms. The van der Waals surface area contributed by atoms with E-state index in [1.165, 1.54) is 11.8 Å². The van der Waals surface area contributed by atoms with Crippen molar-refractivity contribution in [2.45, 2.75) is 30.8 Å². The minimum atomic E-state index is -3.73. The molecular weight excluding hydrogens is 352 g/mol. The first-order valence-electron chi connectivity index (χ1n) is 8.70. The van der Waals surface area contributed by atoms with Crippen molar-refractivity contribution in [1.29, 1.82) is 0 Å². The molecule has 1 amide bonds. The minimum Gasteiger partial charge on any atom is -0.349 e. The van der Waals surface area contributed by atoms with Crippen LogP contribution in [0.15, 0.2) is 41.4 Å². The SMILES string of the molecule is CC1c2cccn2CCN1CC(=O)N1CCc2cc(S(N)(=O)=O)ccc21. The maximum Gasteiger partial charge on any atom is 0.241 e. The molecule has 8 heteroatoms. The number of anilines is 1. The zero-order valence-corrected chi connectivity index (χ0v) is 15.4. The molecule has 4 rings (SSSR count). The van der Waals surface area contributed by atoms with Crippen molar-refractivity contribution in [3.63, 3.8) is 0 Å². The van der Waals surface area contributed by atoms with Crippen LogP contribution in [0.2, 0.25) is 0 Å². The van der Waals surface area contributed by atoms with Gasteiger partial charge in [0.25, 0.3) is 0 Å². The summed E-state index contributed by atoms with van der Waals surface area (Å²) in [6.07, 6.45) is 2.72. The second-order valence-electron chi connectivity index (χ2n) is 6.90. The van der Waals surface area contributed by atoms with Gasteiger partial charge in [-0.25, -0.2) is 13.6 Å². The van der Waals surface area contributed by atoms with Crippen LogP contribution in [0, 0.1) is 0 Å². The third kappa shape index (κ3) is 2.94. The van der Waals surface area contributed by atoms with E-state index in [0.29, 0.717) is 19.5 Å². The van der Waals surface area contributed by atoms with Gasteiger partial charge in [-0.05, 0) is 49.2 Å². The number of benzene rings is 1. The van der Waals surface area contributed by atoms with Crippen LogP contribution < -0.4 is 10.0 Å². The summed E-state index contributed by atoms with van der Waals surface area (Å²) in [5.41, 5.74) is 2.87. The van der Waals surface area contributed by atoms with Crippen molar-refractivity contribution >= 4 is 21.6 Å². The Labute approximate surface area is 153 Å². The number of sulfonamides is 1. The topological polar surface area (TPSA) is 88.6 Å². The van der Waals surface area contributed by atoms with E-state index in [4.69, 9.17) is 5.14 Å². The number of nitrogens with two attached hydrogens (primary N) is 1. The molecule has 3 heterocycles. The molecule has 2 aromatic rings. The third-order valence-corrected chi connectivity index (χ3v) is 6.29. The second kappa shape index (κ2) is 6.22. The van der Waals surface area contributed by atoms with Gasteiger partial charge in [0.2, 0.25) is 15.9 Å². The summed E-state index contributed by atoms with van der Waals surface area (Å²) < 4.78 is 25.3. The number of primary sulfonamides is 1. The average molecular weight is 374 g/mol. The first-order valence-corrected chi connectivity index (χ1v) is 10.2. The van der Waals surface area contributed by atoms with E-state index >= 15 is 0 Å². The van der Waals surface area contributed by atoms with Crippen molar-refractivity contribution in [2.75, 3.05) is 24.5 Å². The van der Waals surface area contributed by atoms with Crippen molar-refractivity contribution in [2.24, 2.45) is 5.14 Å². The van der Waals surface area contributed by atoms with Gasteiger partial charge in [0.15, 0.2) is 0 Å². The highest BCUT2D eigenvalue weighted by molar-refractivity contribution is 7.89. The Bertz CT molecular complexity index is 967. The van der Waals surface area contributed by atoms with Crippen LogP contribution in [0.3, 0.4) is 0 Å². The fourth-order valence-corrected chi connectivity index (χ4v) is 4.48. The zero-order valence-electron chi connectivity index (χ0n) is 14.6. The van der Waals surface area contributed by atoms with E-state index in [1.54, 1.807) is 17.0 Å². The normalized spacial score (nSPS) is 20.1. The van der Waals surface area contributed by atoms with Gasteiger partial charge in [-0.1, -0.05) is 0 Å². The van der Waals surface area contributed by atoms with Gasteiger partial charge in [0, 0.05) is 43.3 Å². The number of rotatable bonds is 3. The molecule has 2 aliphatic rings. The Hall–Kier alpha value is -2.16. The van der Waals surface area contributed by atoms with Crippen LogP contribution in [0.5, 0.6) is 0 Å². The lowest BCUT2D eigenvalue weighted by molar-refractivity contribution is -0.120. The summed E-state index contributed by atoms with van der Waals surface area (Å²) in [6.45, 7) is 4.76. The molecule has 0 aliphatic carbocycles. The maximum absolute atomic E-state index is 12.9. The molecule has 138 valence electrons. The first kappa shape index (κ1) is 17.3. The van der Waals surface area contributed by atoms with Crippen LogP contribution in [-0.4, -0.2) is 43.4 Å². The molecule has 1 aromatic heterocycles. The highest BCUT2D eigenvalue weighted by Crippen LogP contribution is 2.31. The lowest BCUT2D eigenvalue weighted by Gasteiger charge is -2.35. The number of fused-ring (bicyclic) bond motifs is 2. The molecule has 0 spiro atoms. The Kier molecular flexibility index (Phi) is 4.13. The van der Waals surface area contributed by atoms with Gasteiger partial charge in [0.05, 0.1) is 11.4 Å². The van der Waals surface area contributed by atoms with E-state index in [2.05, 4.69) is 28.7 Å². The lowest BCUT2D eigenvalue weighted by atomic mass is 10.1. The predicted octanol–water partition coefficient (Wildman–Crippen LogP) is 1.10. The van der Waals surface area contributed by atoms with Crippen molar-refractivity contribution in [3.05, 3.63) is 47.8 Å². The predicted molar refractivity (Wildman–Crippen MR) is 98.3 cm³/mol. The first-order chi connectivity index (χ1) is 12.3. The molecule has 2 aliphatic heterocycles. The van der Waals surface area contributed by atoms with Crippen LogP contribution in [0.1, 0.15) is 24.2 Å². The highest BCUT2D eigenvalue weighted by atomic mass is 32.2. The minimum absolute atomic E-state index is 0.0407. The molecule has 0 radical (unpaired) electrons. The number of nitrogens with zero attached hydrogens (tertiary/aromatic N) is 3. The Morgan fingerprint density at radius 3 is 2.81 bits per heavy atom. The van der Waals surface area contributed by atoms with E-state index in [0.717, 1.165) is 24.3 Å². The summed E-state index contributed by atoms with van der Waals surface area (Å²) in [5, 5.41) is 5.20. The van der Waals surface area contributed by atoms with Crippen molar-refractivity contribution in [3.8, 4) is 0 Å². The van der Waals surface area contributed by atoms with Crippen LogP contribution in [0.4, 0.5) is 5.69 Å². The molecule has 26 heavy (non-hydrogen) atoms. The van der Waals surface area contributed by atoms with E-state index in [9.17, 15) is 13.2 Å².